The number of rotatable bonds is 4. The number of hydrogen-bond donors (Lipinski definition) is 1. The molecule has 0 bridgehead atoms. The highest BCUT2D eigenvalue weighted by atomic mass is 19.4. The lowest BCUT2D eigenvalue weighted by molar-refractivity contribution is -0.143. The van der Waals surface area contributed by atoms with Gasteiger partial charge in [0, 0.05) is 58.3 Å². The zero-order valence-electron chi connectivity index (χ0n) is 24.8. The molecule has 0 radical (unpaired) electrons. The summed E-state index contributed by atoms with van der Waals surface area (Å²) in [6.07, 6.45) is -9.40. The van der Waals surface area contributed by atoms with E-state index in [-0.39, 0.29) is 24.6 Å². The monoisotopic (exact) mass is 632 g/mol. The fourth-order valence-electron chi connectivity index (χ4n) is 6.02. The van der Waals surface area contributed by atoms with Crippen LogP contribution in [0.15, 0.2) is 36.4 Å². The molecule has 2 aliphatic heterocycles. The summed E-state index contributed by atoms with van der Waals surface area (Å²) in [7, 11) is 1.11. The lowest BCUT2D eigenvalue weighted by atomic mass is 9.88. The summed E-state index contributed by atoms with van der Waals surface area (Å²) in [6.45, 7) is 6.58. The van der Waals surface area contributed by atoms with E-state index in [1.165, 1.54) is 24.0 Å². The molecule has 0 aliphatic carbocycles. The Balaban J connectivity index is 1.66. The number of carbonyl (C=O) groups is 2. The Labute approximate surface area is 250 Å². The molecule has 14 heteroatoms. The molecule has 1 N–H and O–H groups in total. The maximum absolute atomic E-state index is 14.0. The molecule has 2 aliphatic rings. The number of aryl methyl sites for hydroxylation is 1. The second-order valence-corrected chi connectivity index (χ2v) is 11.6. The van der Waals surface area contributed by atoms with Crippen molar-refractivity contribution in [3.63, 3.8) is 0 Å². The topological polar surface area (TPSA) is 67.3 Å². The van der Waals surface area contributed by atoms with E-state index in [9.17, 15) is 45.4 Å². The number of carbonyl (C=O) groups excluding carboxylic acids is 2. The zero-order chi connectivity index (χ0) is 32.8. The summed E-state index contributed by atoms with van der Waals surface area (Å²) >= 11 is 0. The summed E-state index contributed by atoms with van der Waals surface area (Å²) in [5, 5.41) is 11.4. The highest BCUT2D eigenvalue weighted by Gasteiger charge is 2.44. The minimum absolute atomic E-state index is 0.0220. The number of alkyl halides is 6. The van der Waals surface area contributed by atoms with E-state index in [0.29, 0.717) is 62.3 Å². The van der Waals surface area contributed by atoms with Crippen LogP contribution >= 0.6 is 0 Å². The van der Waals surface area contributed by atoms with Crippen LogP contribution in [0.5, 0.6) is 0 Å². The molecule has 3 atom stereocenters. The van der Waals surface area contributed by atoms with Gasteiger partial charge in [-0.1, -0.05) is 6.07 Å². The average Bonchev–Trinajstić information content (AvgIpc) is 2.95. The molecule has 242 valence electrons. The molecule has 2 aromatic carbocycles. The number of aliphatic hydroxyl groups is 1. The summed E-state index contributed by atoms with van der Waals surface area (Å²) < 4.78 is 95.3. The first-order chi connectivity index (χ1) is 20.3. The molecule has 7 nitrogen and oxygen atoms in total. The fraction of sp³-hybridized carbons (Fsp3) is 0.533. The first-order valence-corrected chi connectivity index (χ1v) is 14.1. The normalized spacial score (nSPS) is 21.6. The van der Waals surface area contributed by atoms with Crippen molar-refractivity contribution in [3.05, 3.63) is 70.0 Å². The van der Waals surface area contributed by atoms with Crippen LogP contribution in [0, 0.1) is 12.7 Å². The number of piperazine rings is 1. The molecule has 0 spiro atoms. The van der Waals surface area contributed by atoms with Gasteiger partial charge in [-0.25, -0.2) is 9.18 Å². The van der Waals surface area contributed by atoms with Crippen LogP contribution in [0.2, 0.25) is 0 Å². The van der Waals surface area contributed by atoms with E-state index in [4.69, 9.17) is 0 Å². The van der Waals surface area contributed by atoms with Crippen LogP contribution in [0.1, 0.15) is 60.5 Å². The van der Waals surface area contributed by atoms with E-state index in [0.717, 1.165) is 18.9 Å². The van der Waals surface area contributed by atoms with Crippen LogP contribution in [-0.2, 0) is 22.9 Å². The third-order valence-electron chi connectivity index (χ3n) is 8.76. The molecular weight excluding hydrogens is 597 g/mol. The highest BCUT2D eigenvalue weighted by molar-refractivity contribution is 5.76. The van der Waals surface area contributed by atoms with Crippen LogP contribution in [0.4, 0.5) is 35.5 Å². The minimum atomic E-state index is -5.14. The van der Waals surface area contributed by atoms with Gasteiger partial charge in [-0.05, 0) is 68.1 Å². The number of nitrogens with zero attached hydrogens (tertiary/aromatic N) is 4. The lowest BCUT2D eigenvalue weighted by Gasteiger charge is -2.48. The van der Waals surface area contributed by atoms with Gasteiger partial charge >= 0.3 is 18.4 Å². The van der Waals surface area contributed by atoms with E-state index in [1.54, 1.807) is 17.9 Å². The average molecular weight is 633 g/mol. The molecule has 2 saturated heterocycles. The smallest absolute Gasteiger partial charge is 0.367 e. The van der Waals surface area contributed by atoms with Gasteiger partial charge in [0.1, 0.15) is 5.82 Å². The Hall–Kier alpha value is -3.39. The van der Waals surface area contributed by atoms with Gasteiger partial charge < -0.3 is 14.9 Å². The molecule has 3 amide bonds. The van der Waals surface area contributed by atoms with Gasteiger partial charge in [0.15, 0.2) is 5.72 Å². The molecule has 3 unspecified atom stereocenters. The second-order valence-electron chi connectivity index (χ2n) is 11.6. The predicted molar refractivity (Wildman–Crippen MR) is 147 cm³/mol. The van der Waals surface area contributed by atoms with Crippen molar-refractivity contribution in [1.29, 1.82) is 0 Å². The molecule has 44 heavy (non-hydrogen) atoms. The number of urea groups is 1. The van der Waals surface area contributed by atoms with Crippen LogP contribution in [0.3, 0.4) is 0 Å². The van der Waals surface area contributed by atoms with Crippen molar-refractivity contribution in [2.45, 2.75) is 63.8 Å². The molecule has 4 rings (SSSR count). The summed E-state index contributed by atoms with van der Waals surface area (Å²) in [6, 6.07) is 3.37. The molecule has 0 saturated carbocycles. The van der Waals surface area contributed by atoms with Gasteiger partial charge in [0.05, 0.1) is 17.2 Å². The highest BCUT2D eigenvalue weighted by Crippen LogP contribution is 2.41. The van der Waals surface area contributed by atoms with Gasteiger partial charge in [0.2, 0.25) is 5.91 Å². The predicted octanol–water partition coefficient (Wildman–Crippen LogP) is 5.76. The van der Waals surface area contributed by atoms with E-state index < -0.39 is 52.7 Å². The lowest BCUT2D eigenvalue weighted by Crippen LogP contribution is -2.57. The second kappa shape index (κ2) is 12.2. The van der Waals surface area contributed by atoms with Crippen LogP contribution in [-0.4, -0.2) is 82.5 Å². The molecular formula is C30H35F7N4O3. The fourth-order valence-corrected chi connectivity index (χ4v) is 6.02. The molecule has 2 fully saturated rings. The standard InChI is InChI=1S/C30H35F7N4O3/c1-18-13-23(31)5-6-25(18)26-17-24(40-11-9-39(10-12-40)19(2)42)7-8-41(26)27(43)38(4)28(3,44)20-14-21(29(32,33)34)16-22(15-20)30(35,36)37/h5-6,13-16,24,26,44H,7-12,17H2,1-4H3. The Morgan fingerprint density at radius 3 is 1.93 bits per heavy atom. The van der Waals surface area contributed by atoms with Crippen molar-refractivity contribution >= 4 is 11.9 Å². The van der Waals surface area contributed by atoms with Crippen molar-refractivity contribution in [1.82, 2.24) is 19.6 Å². The number of piperidine rings is 1. The number of benzene rings is 2. The molecule has 0 aromatic heterocycles. The van der Waals surface area contributed by atoms with Gasteiger partial charge in [-0.15, -0.1) is 0 Å². The Morgan fingerprint density at radius 2 is 1.43 bits per heavy atom. The van der Waals surface area contributed by atoms with E-state index >= 15 is 0 Å². The summed E-state index contributed by atoms with van der Waals surface area (Å²) in [4.78, 5) is 31.8. The number of hydrogen-bond acceptors (Lipinski definition) is 4. The van der Waals surface area contributed by atoms with Gasteiger partial charge in [-0.2, -0.15) is 26.3 Å². The third-order valence-corrected chi connectivity index (χ3v) is 8.76. The molecule has 2 aromatic rings. The largest absolute Gasteiger partial charge is 0.416 e. The summed E-state index contributed by atoms with van der Waals surface area (Å²) in [5.74, 6) is -0.509. The SMILES string of the molecule is CC(=O)N1CCN(C2CCN(C(=O)N(C)C(C)(O)c3cc(C(F)(F)F)cc(C(F)(F)F)c3)C(c3ccc(F)cc3C)C2)CC1. The first kappa shape index (κ1) is 33.5. The minimum Gasteiger partial charge on any atom is -0.367 e. The van der Waals surface area contributed by atoms with Crippen molar-refractivity contribution in [2.24, 2.45) is 0 Å². The third kappa shape index (κ3) is 6.96. The Bertz CT molecular complexity index is 1360. The Morgan fingerprint density at radius 1 is 0.886 bits per heavy atom. The Kier molecular flexibility index (Phi) is 9.28. The number of likely N-dealkylation sites (tertiary alicyclic amines) is 1. The van der Waals surface area contributed by atoms with Crippen molar-refractivity contribution < 1.29 is 45.4 Å². The molecule has 2 heterocycles. The quantitative estimate of drug-likeness (QED) is 0.344. The zero-order valence-corrected chi connectivity index (χ0v) is 24.8. The van der Waals surface area contributed by atoms with E-state index in [2.05, 4.69) is 4.90 Å². The number of amides is 3. The van der Waals surface area contributed by atoms with Crippen LogP contribution < -0.4 is 0 Å². The number of halogens is 7. The van der Waals surface area contributed by atoms with Gasteiger partial charge in [-0.3, -0.25) is 14.6 Å². The first-order valence-electron chi connectivity index (χ1n) is 14.1. The van der Waals surface area contributed by atoms with Crippen LogP contribution in [0.25, 0.3) is 0 Å². The summed E-state index contributed by atoms with van der Waals surface area (Å²) in [5.41, 5.74) is -5.39. The van der Waals surface area contributed by atoms with Crippen molar-refractivity contribution in [2.75, 3.05) is 39.8 Å². The van der Waals surface area contributed by atoms with E-state index in [1.807, 2.05) is 0 Å². The maximum atomic E-state index is 14.0. The van der Waals surface area contributed by atoms with Crippen molar-refractivity contribution in [3.8, 4) is 0 Å². The maximum Gasteiger partial charge on any atom is 0.416 e. The van der Waals surface area contributed by atoms with Gasteiger partial charge in [0.25, 0.3) is 0 Å².